The number of nitrogens with one attached hydrogen (secondary N) is 1. The van der Waals surface area contributed by atoms with Gasteiger partial charge in [0.05, 0.1) is 26.2 Å². The molecule has 0 bridgehead atoms. The minimum atomic E-state index is -0.508. The van der Waals surface area contributed by atoms with Gasteiger partial charge in [0.15, 0.2) is 0 Å². The summed E-state index contributed by atoms with van der Waals surface area (Å²) >= 11 is 9.10. The fourth-order valence-electron chi connectivity index (χ4n) is 1.78. The molecule has 6 nitrogen and oxygen atoms in total. The fraction of sp³-hybridized carbons (Fsp3) is 0.0667. The Kier molecular flexibility index (Phi) is 5.46. The van der Waals surface area contributed by atoms with Crippen LogP contribution in [0.3, 0.4) is 0 Å². The highest BCUT2D eigenvalue weighted by molar-refractivity contribution is 9.10. The lowest BCUT2D eigenvalue weighted by Gasteiger charge is -2.03. The number of nitrogens with zero attached hydrogens (tertiary/aromatic N) is 2. The van der Waals surface area contributed by atoms with Crippen molar-refractivity contribution in [2.24, 2.45) is 5.10 Å². The number of nitro groups is 1. The van der Waals surface area contributed by atoms with Crippen molar-refractivity contribution in [1.29, 1.82) is 0 Å². The van der Waals surface area contributed by atoms with Gasteiger partial charge >= 0.3 is 0 Å². The predicted molar refractivity (Wildman–Crippen MR) is 92.0 cm³/mol. The Bertz CT molecular complexity index is 809. The van der Waals surface area contributed by atoms with E-state index in [2.05, 4.69) is 26.5 Å². The SMILES string of the molecule is Cc1ccc(C(=O)N/N=C/c2ccc(Br)c([N+](=O)[O-])c2)c(Cl)c1. The Balaban J connectivity index is 2.11. The number of carbonyl (C=O) groups excluding carboxylic acids is 1. The van der Waals surface area contributed by atoms with E-state index in [9.17, 15) is 14.9 Å². The normalized spacial score (nSPS) is 10.7. The van der Waals surface area contributed by atoms with Crippen LogP contribution in [-0.4, -0.2) is 17.0 Å². The number of halogens is 2. The molecule has 8 heteroatoms. The average molecular weight is 397 g/mol. The van der Waals surface area contributed by atoms with E-state index in [1.165, 1.54) is 18.3 Å². The molecule has 2 aromatic carbocycles. The molecule has 0 atom stereocenters. The fourth-order valence-corrected chi connectivity index (χ4v) is 2.49. The number of hydrogen-bond donors (Lipinski definition) is 1. The molecule has 0 saturated heterocycles. The summed E-state index contributed by atoms with van der Waals surface area (Å²) in [7, 11) is 0. The summed E-state index contributed by atoms with van der Waals surface area (Å²) in [5, 5.41) is 15.0. The Labute approximate surface area is 145 Å². The smallest absolute Gasteiger partial charge is 0.267 e. The van der Waals surface area contributed by atoms with Crippen LogP contribution in [-0.2, 0) is 0 Å². The highest BCUT2D eigenvalue weighted by atomic mass is 79.9. The van der Waals surface area contributed by atoms with Crippen molar-refractivity contribution in [1.82, 2.24) is 5.43 Å². The number of carbonyl (C=O) groups is 1. The van der Waals surface area contributed by atoms with Crippen molar-refractivity contribution >= 4 is 45.3 Å². The third kappa shape index (κ3) is 4.37. The van der Waals surface area contributed by atoms with E-state index in [-0.39, 0.29) is 5.69 Å². The van der Waals surface area contributed by atoms with Gasteiger partial charge in [-0.25, -0.2) is 5.43 Å². The van der Waals surface area contributed by atoms with E-state index in [0.717, 1.165) is 5.56 Å². The number of hydrogen-bond acceptors (Lipinski definition) is 4. The van der Waals surface area contributed by atoms with Gasteiger partial charge in [-0.3, -0.25) is 14.9 Å². The van der Waals surface area contributed by atoms with Gasteiger partial charge in [-0.05, 0) is 46.6 Å². The molecule has 0 fully saturated rings. The molecule has 2 rings (SSSR count). The van der Waals surface area contributed by atoms with Crippen molar-refractivity contribution in [2.45, 2.75) is 6.92 Å². The first-order chi connectivity index (χ1) is 10.9. The molecule has 0 spiro atoms. The maximum absolute atomic E-state index is 12.0. The average Bonchev–Trinajstić information content (AvgIpc) is 2.48. The predicted octanol–water partition coefficient (Wildman–Crippen LogP) is 4.08. The molecular formula is C15H11BrClN3O3. The number of amides is 1. The molecular weight excluding hydrogens is 386 g/mol. The van der Waals surface area contributed by atoms with Crippen molar-refractivity contribution in [3.05, 3.63) is 72.7 Å². The van der Waals surface area contributed by atoms with Crippen molar-refractivity contribution in [3.63, 3.8) is 0 Å². The molecule has 0 unspecified atom stereocenters. The number of nitro benzene ring substituents is 1. The minimum Gasteiger partial charge on any atom is -0.267 e. The first kappa shape index (κ1) is 17.1. The first-order valence-corrected chi connectivity index (χ1v) is 7.59. The van der Waals surface area contributed by atoms with Crippen LogP contribution in [0.25, 0.3) is 0 Å². The molecule has 1 amide bonds. The Morgan fingerprint density at radius 1 is 1.35 bits per heavy atom. The van der Waals surface area contributed by atoms with E-state index >= 15 is 0 Å². The zero-order chi connectivity index (χ0) is 17.0. The maximum Gasteiger partial charge on any atom is 0.284 e. The maximum atomic E-state index is 12.0. The molecule has 0 saturated carbocycles. The lowest BCUT2D eigenvalue weighted by Crippen LogP contribution is -2.18. The number of rotatable bonds is 4. The van der Waals surface area contributed by atoms with Gasteiger partial charge in [-0.15, -0.1) is 0 Å². The van der Waals surface area contributed by atoms with Crippen molar-refractivity contribution in [3.8, 4) is 0 Å². The molecule has 0 aliphatic carbocycles. The molecule has 23 heavy (non-hydrogen) atoms. The van der Waals surface area contributed by atoms with Gasteiger partial charge in [0.2, 0.25) is 0 Å². The van der Waals surface area contributed by atoms with Crippen LogP contribution in [0, 0.1) is 17.0 Å². The summed E-state index contributed by atoms with van der Waals surface area (Å²) in [6.45, 7) is 1.87. The quantitative estimate of drug-likeness (QED) is 0.480. The van der Waals surface area contributed by atoms with E-state index in [0.29, 0.717) is 20.6 Å². The van der Waals surface area contributed by atoms with Crippen molar-refractivity contribution in [2.75, 3.05) is 0 Å². The van der Waals surface area contributed by atoms with Crippen LogP contribution in [0.5, 0.6) is 0 Å². The summed E-state index contributed by atoms with van der Waals surface area (Å²) in [5.74, 6) is -0.460. The topological polar surface area (TPSA) is 84.6 Å². The van der Waals surface area contributed by atoms with Gasteiger partial charge < -0.3 is 0 Å². The van der Waals surface area contributed by atoms with Crippen molar-refractivity contribution < 1.29 is 9.72 Å². The summed E-state index contributed by atoms with van der Waals surface area (Å²) in [5.41, 5.74) is 3.98. The number of benzene rings is 2. The molecule has 1 N–H and O–H groups in total. The standard InChI is InChI=1S/C15H11BrClN3O3/c1-9-2-4-11(13(17)6-9)15(21)19-18-8-10-3-5-12(16)14(7-10)20(22)23/h2-8H,1H3,(H,19,21)/b18-8+. The molecule has 0 aliphatic heterocycles. The largest absolute Gasteiger partial charge is 0.284 e. The van der Waals surface area contributed by atoms with Gasteiger partial charge in [0.25, 0.3) is 11.6 Å². The number of aryl methyl sites for hydroxylation is 1. The van der Waals surface area contributed by atoms with E-state index in [4.69, 9.17) is 11.6 Å². The second-order valence-corrected chi connectivity index (χ2v) is 5.91. The van der Waals surface area contributed by atoms with Crippen LogP contribution >= 0.6 is 27.5 Å². The van der Waals surface area contributed by atoms with E-state index in [1.54, 1.807) is 24.3 Å². The zero-order valence-corrected chi connectivity index (χ0v) is 14.3. The van der Waals surface area contributed by atoms with Gasteiger partial charge in [-0.1, -0.05) is 23.7 Å². The summed E-state index contributed by atoms with van der Waals surface area (Å²) in [6, 6.07) is 9.57. The molecule has 0 radical (unpaired) electrons. The molecule has 0 aromatic heterocycles. The number of hydrazone groups is 1. The monoisotopic (exact) mass is 395 g/mol. The lowest BCUT2D eigenvalue weighted by molar-refractivity contribution is -0.385. The Morgan fingerprint density at radius 3 is 2.74 bits per heavy atom. The van der Waals surface area contributed by atoms with Crippen LogP contribution in [0.4, 0.5) is 5.69 Å². The lowest BCUT2D eigenvalue weighted by atomic mass is 10.1. The van der Waals surface area contributed by atoms with Gasteiger partial charge in [0, 0.05) is 11.6 Å². The van der Waals surface area contributed by atoms with Crippen LogP contribution in [0.1, 0.15) is 21.5 Å². The van der Waals surface area contributed by atoms with Crippen LogP contribution < -0.4 is 5.43 Å². The highest BCUT2D eigenvalue weighted by Gasteiger charge is 2.12. The van der Waals surface area contributed by atoms with Crippen LogP contribution in [0.2, 0.25) is 5.02 Å². The molecule has 2 aromatic rings. The minimum absolute atomic E-state index is 0.0816. The second kappa shape index (κ2) is 7.34. The third-order valence-electron chi connectivity index (χ3n) is 2.92. The summed E-state index contributed by atoms with van der Waals surface area (Å²) in [4.78, 5) is 22.3. The highest BCUT2D eigenvalue weighted by Crippen LogP contribution is 2.25. The summed E-state index contributed by atoms with van der Waals surface area (Å²) < 4.78 is 0.370. The van der Waals surface area contributed by atoms with E-state index < -0.39 is 10.8 Å². The third-order valence-corrected chi connectivity index (χ3v) is 3.90. The zero-order valence-electron chi connectivity index (χ0n) is 11.9. The van der Waals surface area contributed by atoms with Gasteiger partial charge in [0.1, 0.15) is 0 Å². The Hall–Kier alpha value is -2.25. The molecule has 118 valence electrons. The molecule has 0 heterocycles. The molecule has 0 aliphatic rings. The summed E-state index contributed by atoms with van der Waals surface area (Å²) in [6.07, 6.45) is 1.32. The van der Waals surface area contributed by atoms with Crippen LogP contribution in [0.15, 0.2) is 46.0 Å². The van der Waals surface area contributed by atoms with Gasteiger partial charge in [-0.2, -0.15) is 5.10 Å². The second-order valence-electron chi connectivity index (χ2n) is 4.65. The Morgan fingerprint density at radius 2 is 2.09 bits per heavy atom. The van der Waals surface area contributed by atoms with E-state index in [1.807, 2.05) is 6.92 Å². The first-order valence-electron chi connectivity index (χ1n) is 6.42.